The molecule has 0 fully saturated rings. The van der Waals surface area contributed by atoms with Crippen molar-refractivity contribution in [2.75, 3.05) is 11.4 Å². The number of fused-ring (bicyclic) bond motifs is 1. The summed E-state index contributed by atoms with van der Waals surface area (Å²) in [4.78, 5) is 29.6. The Morgan fingerprint density at radius 2 is 2.24 bits per heavy atom. The first-order chi connectivity index (χ1) is 9.89. The molecule has 2 unspecified atom stereocenters. The molecule has 1 aromatic carbocycles. The fourth-order valence-electron chi connectivity index (χ4n) is 2.68. The van der Waals surface area contributed by atoms with Gasteiger partial charge in [-0.1, -0.05) is 23.4 Å². The van der Waals surface area contributed by atoms with Crippen molar-refractivity contribution in [1.29, 1.82) is 0 Å². The van der Waals surface area contributed by atoms with Gasteiger partial charge in [-0.2, -0.15) is 4.99 Å². The number of hydrogen-bond donors (Lipinski definition) is 2. The molecule has 0 aromatic heterocycles. The molecule has 0 bridgehead atoms. The Bertz CT molecular complexity index is 693. The molecule has 1 aromatic rings. The van der Waals surface area contributed by atoms with Crippen LogP contribution < -0.4 is 10.6 Å². The van der Waals surface area contributed by atoms with Crippen LogP contribution in [0.1, 0.15) is 12.5 Å². The van der Waals surface area contributed by atoms with Crippen molar-refractivity contribution >= 4 is 46.0 Å². The van der Waals surface area contributed by atoms with Crippen LogP contribution in [0, 0.1) is 0 Å². The van der Waals surface area contributed by atoms with E-state index in [9.17, 15) is 14.7 Å². The third-order valence-electron chi connectivity index (χ3n) is 3.61. The molecule has 0 aliphatic carbocycles. The standard InChI is InChI=1S/C13H12ClN3O3S/c1-2-17-8-4-3-6(14)5-7(8)13(20,11(17)19)9-10(18)16-12(15)21-9/h3-5,9,20H,2H2,1H3,(H2,15,16,18). The number of carbonyl (C=O) groups excluding carboxylic acids is 2. The summed E-state index contributed by atoms with van der Waals surface area (Å²) in [6.07, 6.45) is 0. The quantitative estimate of drug-likeness (QED) is 0.840. The molecular formula is C13H12ClN3O3S. The van der Waals surface area contributed by atoms with Crippen LogP contribution in [0.3, 0.4) is 0 Å². The summed E-state index contributed by atoms with van der Waals surface area (Å²) in [5, 5.41) is 10.3. The number of likely N-dealkylation sites (N-methyl/N-ethyl adjacent to an activating group) is 1. The average molecular weight is 326 g/mol. The number of rotatable bonds is 2. The first kappa shape index (κ1) is 14.4. The highest BCUT2D eigenvalue weighted by molar-refractivity contribution is 8.15. The maximum absolute atomic E-state index is 12.6. The van der Waals surface area contributed by atoms with E-state index in [-0.39, 0.29) is 5.17 Å². The van der Waals surface area contributed by atoms with Crippen molar-refractivity contribution in [3.05, 3.63) is 28.8 Å². The minimum Gasteiger partial charge on any atom is -0.378 e. The summed E-state index contributed by atoms with van der Waals surface area (Å²) in [5.74, 6) is -1.17. The largest absolute Gasteiger partial charge is 0.378 e. The lowest BCUT2D eigenvalue weighted by molar-refractivity contribution is -0.140. The van der Waals surface area contributed by atoms with Gasteiger partial charge in [0.15, 0.2) is 10.8 Å². The molecule has 21 heavy (non-hydrogen) atoms. The topological polar surface area (TPSA) is 96.0 Å². The Morgan fingerprint density at radius 3 is 2.81 bits per heavy atom. The third kappa shape index (κ3) is 1.88. The number of nitrogens with zero attached hydrogens (tertiary/aromatic N) is 2. The normalized spacial score (nSPS) is 28.0. The van der Waals surface area contributed by atoms with Gasteiger partial charge in [-0.15, -0.1) is 0 Å². The van der Waals surface area contributed by atoms with E-state index in [0.717, 1.165) is 11.8 Å². The molecule has 3 rings (SSSR count). The fourth-order valence-corrected chi connectivity index (χ4v) is 3.78. The zero-order valence-corrected chi connectivity index (χ0v) is 12.6. The summed E-state index contributed by atoms with van der Waals surface area (Å²) in [6.45, 7) is 2.16. The predicted octanol–water partition coefficient (Wildman–Crippen LogP) is 0.851. The highest BCUT2D eigenvalue weighted by Gasteiger charge is 2.59. The first-order valence-corrected chi connectivity index (χ1v) is 7.54. The van der Waals surface area contributed by atoms with Gasteiger partial charge in [0.2, 0.25) is 0 Å². The maximum Gasteiger partial charge on any atom is 0.265 e. The molecule has 2 amide bonds. The molecule has 0 spiro atoms. The zero-order valence-electron chi connectivity index (χ0n) is 11.0. The lowest BCUT2D eigenvalue weighted by Gasteiger charge is -2.26. The number of benzene rings is 1. The molecular weight excluding hydrogens is 314 g/mol. The van der Waals surface area contributed by atoms with Crippen LogP contribution in [0.25, 0.3) is 0 Å². The van der Waals surface area contributed by atoms with E-state index in [0.29, 0.717) is 22.8 Å². The highest BCUT2D eigenvalue weighted by atomic mass is 35.5. The van der Waals surface area contributed by atoms with Gasteiger partial charge in [0.1, 0.15) is 5.25 Å². The Balaban J connectivity index is 2.17. The van der Waals surface area contributed by atoms with Gasteiger partial charge in [-0.05, 0) is 25.1 Å². The SMILES string of the molecule is CCN1C(=O)C(O)(C2SC(N)=NC2=O)c2cc(Cl)ccc21. The summed E-state index contributed by atoms with van der Waals surface area (Å²) < 4.78 is 0. The van der Waals surface area contributed by atoms with Gasteiger partial charge in [0.25, 0.3) is 11.8 Å². The summed E-state index contributed by atoms with van der Waals surface area (Å²) in [7, 11) is 0. The van der Waals surface area contributed by atoms with Crippen LogP contribution >= 0.6 is 23.4 Å². The molecule has 8 heteroatoms. The molecule has 0 saturated carbocycles. The fraction of sp³-hybridized carbons (Fsp3) is 0.308. The van der Waals surface area contributed by atoms with Gasteiger partial charge >= 0.3 is 0 Å². The number of halogens is 1. The number of anilines is 1. The molecule has 2 aliphatic heterocycles. The highest BCUT2D eigenvalue weighted by Crippen LogP contribution is 2.48. The number of amidine groups is 1. The minimum absolute atomic E-state index is 0.0461. The minimum atomic E-state index is -2.00. The second-order valence-corrected chi connectivity index (χ2v) is 6.33. The van der Waals surface area contributed by atoms with Gasteiger partial charge in [0, 0.05) is 17.1 Å². The summed E-state index contributed by atoms with van der Waals surface area (Å²) in [5.41, 5.74) is 4.40. The van der Waals surface area contributed by atoms with E-state index >= 15 is 0 Å². The second-order valence-electron chi connectivity index (χ2n) is 4.76. The Kier molecular flexibility index (Phi) is 3.23. The number of thioether (sulfide) groups is 1. The zero-order chi connectivity index (χ0) is 15.4. The predicted molar refractivity (Wildman–Crippen MR) is 81.4 cm³/mol. The number of amides is 2. The molecule has 3 N–H and O–H groups in total. The van der Waals surface area contributed by atoms with Crippen molar-refractivity contribution < 1.29 is 14.7 Å². The van der Waals surface area contributed by atoms with Gasteiger partial charge in [-0.25, -0.2) is 0 Å². The first-order valence-electron chi connectivity index (χ1n) is 6.28. The van der Waals surface area contributed by atoms with E-state index in [1.165, 1.54) is 11.0 Å². The van der Waals surface area contributed by atoms with Crippen LogP contribution in [-0.2, 0) is 15.2 Å². The van der Waals surface area contributed by atoms with Gasteiger partial charge in [0.05, 0.1) is 5.69 Å². The molecule has 0 saturated heterocycles. The summed E-state index contributed by atoms with van der Waals surface area (Å²) in [6, 6.07) is 4.80. The van der Waals surface area contributed by atoms with Crippen LogP contribution in [0.2, 0.25) is 5.02 Å². The Hall–Kier alpha value is -1.57. The molecule has 2 heterocycles. The van der Waals surface area contributed by atoms with E-state index in [1.54, 1.807) is 19.1 Å². The lowest BCUT2D eigenvalue weighted by Crippen LogP contribution is -2.49. The van der Waals surface area contributed by atoms with Crippen molar-refractivity contribution in [3.8, 4) is 0 Å². The van der Waals surface area contributed by atoms with Crippen LogP contribution in [0.5, 0.6) is 0 Å². The smallest absolute Gasteiger partial charge is 0.265 e. The van der Waals surface area contributed by atoms with Crippen molar-refractivity contribution in [3.63, 3.8) is 0 Å². The van der Waals surface area contributed by atoms with Crippen molar-refractivity contribution in [2.24, 2.45) is 10.7 Å². The average Bonchev–Trinajstić information content (AvgIpc) is 2.88. The van der Waals surface area contributed by atoms with E-state index in [2.05, 4.69) is 4.99 Å². The number of carbonyl (C=O) groups is 2. The molecule has 0 radical (unpaired) electrons. The van der Waals surface area contributed by atoms with Gasteiger partial charge < -0.3 is 15.7 Å². The van der Waals surface area contributed by atoms with Gasteiger partial charge in [-0.3, -0.25) is 9.59 Å². The van der Waals surface area contributed by atoms with E-state index in [1.807, 2.05) is 0 Å². The van der Waals surface area contributed by atoms with E-state index < -0.39 is 22.7 Å². The maximum atomic E-state index is 12.6. The number of aliphatic imine (C=N–C) groups is 1. The van der Waals surface area contributed by atoms with Crippen LogP contribution in [0.15, 0.2) is 23.2 Å². The van der Waals surface area contributed by atoms with Crippen LogP contribution in [0.4, 0.5) is 5.69 Å². The molecule has 110 valence electrons. The summed E-state index contributed by atoms with van der Waals surface area (Å²) >= 11 is 6.87. The number of hydrogen-bond acceptors (Lipinski definition) is 5. The molecule has 2 aliphatic rings. The Labute approximate surface area is 130 Å². The Morgan fingerprint density at radius 1 is 1.52 bits per heavy atom. The second kappa shape index (κ2) is 4.72. The van der Waals surface area contributed by atoms with Crippen LogP contribution in [-0.4, -0.2) is 33.9 Å². The monoisotopic (exact) mass is 325 g/mol. The van der Waals surface area contributed by atoms with Crippen molar-refractivity contribution in [1.82, 2.24) is 0 Å². The third-order valence-corrected chi connectivity index (χ3v) is 4.96. The lowest BCUT2D eigenvalue weighted by atomic mass is 9.91. The molecule has 6 nitrogen and oxygen atoms in total. The molecule has 2 atom stereocenters. The van der Waals surface area contributed by atoms with Crippen molar-refractivity contribution in [2.45, 2.75) is 17.8 Å². The van der Waals surface area contributed by atoms with E-state index in [4.69, 9.17) is 17.3 Å². The number of nitrogens with two attached hydrogens (primary N) is 1. The number of aliphatic hydroxyl groups is 1.